The summed E-state index contributed by atoms with van der Waals surface area (Å²) in [6.45, 7) is 1.10. The molecule has 3 heterocycles. The zero-order chi connectivity index (χ0) is 20.0. The maximum atomic E-state index is 12.9. The molecule has 1 amide bonds. The van der Waals surface area contributed by atoms with Crippen molar-refractivity contribution in [1.82, 2.24) is 18.6 Å². The van der Waals surface area contributed by atoms with Crippen molar-refractivity contribution in [2.75, 3.05) is 13.1 Å². The van der Waals surface area contributed by atoms with Gasteiger partial charge < -0.3 is 15.2 Å². The number of carbonyl (C=O) groups excluding carboxylic acids is 1. The number of carbonyl (C=O) groups is 1. The van der Waals surface area contributed by atoms with Gasteiger partial charge in [0.2, 0.25) is 5.91 Å². The van der Waals surface area contributed by atoms with Crippen LogP contribution in [0.3, 0.4) is 0 Å². The number of nitrogens with zero attached hydrogens (tertiary/aromatic N) is 4. The Kier molecular flexibility index (Phi) is 5.68. The fourth-order valence-corrected chi connectivity index (χ4v) is 4.05. The first-order valence-corrected chi connectivity index (χ1v) is 9.21. The van der Waals surface area contributed by atoms with E-state index in [0.29, 0.717) is 24.1 Å². The molecule has 1 aliphatic heterocycles. The lowest BCUT2D eigenvalue weighted by Gasteiger charge is -2.18. The topological polar surface area (TPSA) is 95.3 Å². The van der Waals surface area contributed by atoms with Crippen LogP contribution in [0.2, 0.25) is 0 Å². The van der Waals surface area contributed by atoms with Crippen LogP contribution in [0.5, 0.6) is 0 Å². The molecule has 0 aliphatic carbocycles. The second-order valence-corrected chi connectivity index (χ2v) is 7.37. The Balaban J connectivity index is 0.00000240. The summed E-state index contributed by atoms with van der Waals surface area (Å²) in [5.74, 6) is 0.0164. The van der Waals surface area contributed by atoms with Crippen molar-refractivity contribution in [2.24, 2.45) is 19.8 Å². The average Bonchev–Trinajstić information content (AvgIpc) is 3.29. The van der Waals surface area contributed by atoms with E-state index in [0.717, 1.165) is 10.1 Å². The van der Waals surface area contributed by atoms with Gasteiger partial charge in [0.1, 0.15) is 12.2 Å². The summed E-state index contributed by atoms with van der Waals surface area (Å²) in [5.41, 5.74) is 7.09. The van der Waals surface area contributed by atoms with Gasteiger partial charge in [0.25, 0.3) is 5.56 Å². The van der Waals surface area contributed by atoms with Gasteiger partial charge in [0, 0.05) is 45.3 Å². The minimum Gasteiger partial charge on any atom is -0.339 e. The molecule has 2 N–H and O–H groups in total. The molecular weight excluding hydrogens is 394 g/mol. The molecule has 0 spiro atoms. The molecule has 0 radical (unpaired) electrons. The van der Waals surface area contributed by atoms with Crippen molar-refractivity contribution in [1.29, 1.82) is 0 Å². The zero-order valence-electron chi connectivity index (χ0n) is 16.3. The predicted octanol–water partition coefficient (Wildman–Crippen LogP) is 0.414. The highest BCUT2D eigenvalue weighted by molar-refractivity contribution is 5.85. The Morgan fingerprint density at radius 3 is 2.45 bits per heavy atom. The third-order valence-electron chi connectivity index (χ3n) is 5.61. The molecule has 1 aromatic carbocycles. The molecule has 3 aromatic rings. The Hall–Kier alpha value is -2.84. The second kappa shape index (κ2) is 7.88. The summed E-state index contributed by atoms with van der Waals surface area (Å²) in [4.78, 5) is 39.2. The van der Waals surface area contributed by atoms with E-state index in [2.05, 4.69) is 0 Å². The van der Waals surface area contributed by atoms with Gasteiger partial charge in [-0.25, -0.2) is 4.79 Å². The summed E-state index contributed by atoms with van der Waals surface area (Å²) in [5, 5.41) is 0.415. The molecule has 154 valence electrons. The number of aromatic nitrogens is 3. The van der Waals surface area contributed by atoms with Crippen molar-refractivity contribution < 1.29 is 4.79 Å². The molecule has 8 nitrogen and oxygen atoms in total. The number of halogens is 1. The van der Waals surface area contributed by atoms with E-state index in [4.69, 9.17) is 5.73 Å². The Morgan fingerprint density at radius 1 is 1.07 bits per heavy atom. The fraction of sp³-hybridized carbons (Fsp3) is 0.350. The predicted molar refractivity (Wildman–Crippen MR) is 113 cm³/mol. The Labute approximate surface area is 173 Å². The highest BCUT2D eigenvalue weighted by Gasteiger charge is 2.33. The molecule has 4 rings (SSSR count). The number of benzene rings is 1. The number of hydrogen-bond donors (Lipinski definition) is 1. The van der Waals surface area contributed by atoms with E-state index >= 15 is 0 Å². The van der Waals surface area contributed by atoms with Crippen molar-refractivity contribution in [3.8, 4) is 0 Å². The number of aryl methyl sites for hydroxylation is 1. The number of fused-ring (bicyclic) bond motifs is 1. The molecule has 29 heavy (non-hydrogen) atoms. The van der Waals surface area contributed by atoms with Crippen molar-refractivity contribution >= 4 is 29.3 Å². The van der Waals surface area contributed by atoms with E-state index in [1.54, 1.807) is 28.8 Å². The van der Waals surface area contributed by atoms with E-state index in [1.807, 2.05) is 30.3 Å². The van der Waals surface area contributed by atoms with Crippen LogP contribution in [0, 0.1) is 0 Å². The molecule has 0 bridgehead atoms. The van der Waals surface area contributed by atoms with Gasteiger partial charge in [0.05, 0.1) is 5.39 Å². The lowest BCUT2D eigenvalue weighted by atomic mass is 9.95. The van der Waals surface area contributed by atoms with Crippen LogP contribution in [0.25, 0.3) is 11.0 Å². The second-order valence-electron chi connectivity index (χ2n) is 7.37. The largest absolute Gasteiger partial charge is 0.339 e. The highest BCUT2D eigenvalue weighted by atomic mass is 35.5. The minimum atomic E-state index is -0.419. The van der Waals surface area contributed by atoms with Crippen LogP contribution >= 0.6 is 12.4 Å². The van der Waals surface area contributed by atoms with E-state index in [-0.39, 0.29) is 42.4 Å². The van der Waals surface area contributed by atoms with E-state index < -0.39 is 5.69 Å². The lowest BCUT2D eigenvalue weighted by molar-refractivity contribution is -0.130. The van der Waals surface area contributed by atoms with Gasteiger partial charge in [-0.2, -0.15) is 0 Å². The van der Waals surface area contributed by atoms with Crippen LogP contribution < -0.4 is 17.0 Å². The summed E-state index contributed by atoms with van der Waals surface area (Å²) in [6, 6.07) is 11.5. The summed E-state index contributed by atoms with van der Waals surface area (Å²) < 4.78 is 4.12. The van der Waals surface area contributed by atoms with Crippen LogP contribution in [0.15, 0.2) is 52.2 Å². The molecular formula is C20H24ClN5O3. The fourth-order valence-electron chi connectivity index (χ4n) is 4.05. The number of likely N-dealkylation sites (tertiary alicyclic amines) is 1. The quantitative estimate of drug-likeness (QED) is 0.667. The van der Waals surface area contributed by atoms with Crippen molar-refractivity contribution in [3.63, 3.8) is 0 Å². The molecule has 1 aliphatic rings. The van der Waals surface area contributed by atoms with E-state index in [1.165, 1.54) is 11.6 Å². The standard InChI is InChI=1S/C20H23N5O3.ClH/c1-22-18-14(19(27)23(2)20(22)28)8-9-24(18)12-17(26)25-10-15(16(21)11-25)13-6-4-3-5-7-13;/h3-9,15-16H,10-12,21H2,1-2H3;1H/t15-,16+;/m0./s1. The highest BCUT2D eigenvalue weighted by Crippen LogP contribution is 2.26. The maximum absolute atomic E-state index is 12.9. The minimum absolute atomic E-state index is 0. The molecule has 1 saturated heterocycles. The molecule has 0 saturated carbocycles. The van der Waals surface area contributed by atoms with Gasteiger partial charge in [-0.3, -0.25) is 18.7 Å². The van der Waals surface area contributed by atoms with Gasteiger partial charge in [0.15, 0.2) is 0 Å². The van der Waals surface area contributed by atoms with E-state index in [9.17, 15) is 14.4 Å². The third-order valence-corrected chi connectivity index (χ3v) is 5.61. The van der Waals surface area contributed by atoms with Crippen molar-refractivity contribution in [3.05, 3.63) is 69.0 Å². The summed E-state index contributed by atoms with van der Waals surface area (Å²) >= 11 is 0. The smallest absolute Gasteiger partial charge is 0.332 e. The first-order chi connectivity index (χ1) is 13.4. The third kappa shape index (κ3) is 3.49. The van der Waals surface area contributed by atoms with Crippen LogP contribution in [-0.2, 0) is 25.4 Å². The SMILES string of the molecule is Cl.Cn1c(=O)c2ccn(CC(=O)N3C[C@@H](N)[C@H](c4ccccc4)C3)c2n(C)c1=O. The van der Waals surface area contributed by atoms with Gasteiger partial charge in [-0.05, 0) is 11.6 Å². The molecule has 2 aromatic heterocycles. The van der Waals surface area contributed by atoms with Gasteiger partial charge in [-0.15, -0.1) is 12.4 Å². The molecule has 2 atom stereocenters. The molecule has 1 fully saturated rings. The average molecular weight is 418 g/mol. The normalized spacial score (nSPS) is 18.8. The van der Waals surface area contributed by atoms with Crippen LogP contribution in [0.1, 0.15) is 11.5 Å². The number of hydrogen-bond acceptors (Lipinski definition) is 4. The number of amides is 1. The Bertz CT molecular complexity index is 1160. The number of nitrogens with two attached hydrogens (primary N) is 1. The number of rotatable bonds is 3. The lowest BCUT2D eigenvalue weighted by Crippen LogP contribution is -2.38. The van der Waals surface area contributed by atoms with Crippen molar-refractivity contribution in [2.45, 2.75) is 18.5 Å². The van der Waals surface area contributed by atoms with Crippen LogP contribution in [-0.4, -0.2) is 43.6 Å². The van der Waals surface area contributed by atoms with Gasteiger partial charge >= 0.3 is 5.69 Å². The maximum Gasteiger partial charge on any atom is 0.332 e. The zero-order valence-corrected chi connectivity index (χ0v) is 17.1. The Morgan fingerprint density at radius 2 is 1.76 bits per heavy atom. The monoisotopic (exact) mass is 417 g/mol. The summed E-state index contributed by atoms with van der Waals surface area (Å²) in [7, 11) is 3.05. The molecule has 9 heteroatoms. The molecule has 0 unspecified atom stereocenters. The van der Waals surface area contributed by atoms with Gasteiger partial charge in [-0.1, -0.05) is 30.3 Å². The summed E-state index contributed by atoms with van der Waals surface area (Å²) in [6.07, 6.45) is 1.67. The first kappa shape index (κ1) is 20.9. The first-order valence-electron chi connectivity index (χ1n) is 9.21. The van der Waals surface area contributed by atoms with Crippen LogP contribution in [0.4, 0.5) is 0 Å².